The molecule has 0 saturated carbocycles. The summed E-state index contributed by atoms with van der Waals surface area (Å²) in [6, 6.07) is 15.2. The van der Waals surface area contributed by atoms with Crippen LogP contribution in [0.25, 0.3) is 0 Å². The first-order valence-electron chi connectivity index (χ1n) is 8.79. The Labute approximate surface area is 161 Å². The van der Waals surface area contributed by atoms with E-state index in [0.717, 1.165) is 5.56 Å². The van der Waals surface area contributed by atoms with Gasteiger partial charge in [-0.2, -0.15) is 0 Å². The van der Waals surface area contributed by atoms with Crippen LogP contribution in [0.5, 0.6) is 11.5 Å². The molecule has 0 fully saturated rings. The molecule has 4 rings (SSSR count). The molecule has 3 aromatic carbocycles. The highest BCUT2D eigenvalue weighted by atomic mass is 16.5. The van der Waals surface area contributed by atoms with E-state index in [-0.39, 0.29) is 46.4 Å². The Balaban J connectivity index is 1.77. The second-order valence-electron chi connectivity index (χ2n) is 6.55. The average molecular weight is 374 g/mol. The van der Waals surface area contributed by atoms with E-state index in [0.29, 0.717) is 23.3 Å². The molecule has 1 aliphatic rings. The van der Waals surface area contributed by atoms with Gasteiger partial charge in [-0.05, 0) is 24.1 Å². The lowest BCUT2D eigenvalue weighted by Gasteiger charge is -2.22. The minimum Gasteiger partial charge on any atom is -0.455 e. The molecule has 3 aromatic rings. The van der Waals surface area contributed by atoms with Gasteiger partial charge in [0.25, 0.3) is 0 Å². The predicted molar refractivity (Wildman–Crippen MR) is 106 cm³/mol. The number of nitrogen functional groups attached to an aromatic ring is 2. The van der Waals surface area contributed by atoms with Gasteiger partial charge < -0.3 is 21.3 Å². The number of hydrogen-bond donors (Lipinski definition) is 3. The highest BCUT2D eigenvalue weighted by molar-refractivity contribution is 6.32. The number of carbonyl (C=O) groups is 2. The third-order valence-electron chi connectivity index (χ3n) is 4.78. The fourth-order valence-corrected chi connectivity index (χ4v) is 3.39. The number of anilines is 2. The molecule has 0 atom stereocenters. The van der Waals surface area contributed by atoms with Crippen molar-refractivity contribution in [3.8, 4) is 11.5 Å². The van der Waals surface area contributed by atoms with E-state index in [4.69, 9.17) is 21.3 Å². The molecule has 0 aliphatic heterocycles. The van der Waals surface area contributed by atoms with Gasteiger partial charge in [-0.1, -0.05) is 36.4 Å². The Morgan fingerprint density at radius 3 is 2.07 bits per heavy atom. The maximum atomic E-state index is 13.0. The van der Waals surface area contributed by atoms with Gasteiger partial charge in [0.05, 0.1) is 16.8 Å². The molecule has 0 amide bonds. The molecule has 1 aliphatic carbocycles. The van der Waals surface area contributed by atoms with Gasteiger partial charge in [0, 0.05) is 29.5 Å². The van der Waals surface area contributed by atoms with Crippen molar-refractivity contribution >= 4 is 22.9 Å². The van der Waals surface area contributed by atoms with Gasteiger partial charge in [0.15, 0.2) is 17.3 Å². The van der Waals surface area contributed by atoms with E-state index in [2.05, 4.69) is 0 Å². The van der Waals surface area contributed by atoms with Gasteiger partial charge in [-0.15, -0.1) is 0 Å². The van der Waals surface area contributed by atoms with Crippen molar-refractivity contribution in [3.63, 3.8) is 0 Å². The molecule has 0 spiro atoms. The molecule has 0 unspecified atom stereocenters. The van der Waals surface area contributed by atoms with Crippen LogP contribution < -0.4 is 16.2 Å². The normalized spacial score (nSPS) is 12.5. The zero-order chi connectivity index (χ0) is 19.8. The quantitative estimate of drug-likeness (QED) is 0.473. The Hall–Kier alpha value is -3.64. The van der Waals surface area contributed by atoms with Crippen molar-refractivity contribution in [2.24, 2.45) is 0 Å². The van der Waals surface area contributed by atoms with Gasteiger partial charge in [-0.3, -0.25) is 9.59 Å². The molecular formula is C22H18N2O4. The summed E-state index contributed by atoms with van der Waals surface area (Å²) in [7, 11) is 0. The van der Waals surface area contributed by atoms with Crippen molar-refractivity contribution in [3.05, 3.63) is 82.4 Å². The second-order valence-corrected chi connectivity index (χ2v) is 6.55. The lowest BCUT2D eigenvalue weighted by molar-refractivity contribution is 0.0980. The van der Waals surface area contributed by atoms with E-state index < -0.39 is 0 Å². The lowest BCUT2D eigenvalue weighted by atomic mass is 9.82. The van der Waals surface area contributed by atoms with Gasteiger partial charge >= 0.3 is 0 Å². The molecule has 0 aromatic heterocycles. The minimum absolute atomic E-state index is 0.0616. The number of fused-ring (bicyclic) bond motifs is 2. The highest BCUT2D eigenvalue weighted by Crippen LogP contribution is 2.40. The number of aliphatic hydroxyl groups excluding tert-OH is 1. The largest absolute Gasteiger partial charge is 0.455 e. The summed E-state index contributed by atoms with van der Waals surface area (Å²) < 4.78 is 5.83. The van der Waals surface area contributed by atoms with Crippen LogP contribution in [-0.4, -0.2) is 23.3 Å². The van der Waals surface area contributed by atoms with Crippen LogP contribution >= 0.6 is 0 Å². The highest BCUT2D eigenvalue weighted by Gasteiger charge is 2.34. The third kappa shape index (κ3) is 2.80. The second kappa shape index (κ2) is 6.83. The van der Waals surface area contributed by atoms with E-state index >= 15 is 0 Å². The Bertz CT molecular complexity index is 1100. The number of ketones is 2. The van der Waals surface area contributed by atoms with E-state index in [1.807, 2.05) is 12.1 Å². The zero-order valence-corrected chi connectivity index (χ0v) is 14.9. The van der Waals surface area contributed by atoms with E-state index in [1.165, 1.54) is 6.07 Å². The molecule has 140 valence electrons. The predicted octanol–water partition coefficient (Wildman–Crippen LogP) is 2.95. The number of benzene rings is 3. The number of aliphatic hydroxyl groups is 1. The van der Waals surface area contributed by atoms with Crippen molar-refractivity contribution in [2.45, 2.75) is 6.42 Å². The molecule has 0 heterocycles. The summed E-state index contributed by atoms with van der Waals surface area (Å²) >= 11 is 0. The summed E-state index contributed by atoms with van der Waals surface area (Å²) in [5.74, 6) is 0.0434. The van der Waals surface area contributed by atoms with Gasteiger partial charge in [0.2, 0.25) is 0 Å². The Kier molecular flexibility index (Phi) is 4.33. The topological polar surface area (TPSA) is 116 Å². The number of ether oxygens (including phenoxy) is 1. The van der Waals surface area contributed by atoms with Crippen molar-refractivity contribution in [2.75, 3.05) is 18.1 Å². The molecule has 0 radical (unpaired) electrons. The van der Waals surface area contributed by atoms with Crippen LogP contribution in [-0.2, 0) is 6.42 Å². The number of hydrogen-bond acceptors (Lipinski definition) is 6. The van der Waals surface area contributed by atoms with Crippen LogP contribution in [0.1, 0.15) is 37.4 Å². The molecule has 5 N–H and O–H groups in total. The summed E-state index contributed by atoms with van der Waals surface area (Å²) in [6.45, 7) is 0.0616. The summed E-state index contributed by atoms with van der Waals surface area (Å²) in [6.07, 6.45) is 0.546. The van der Waals surface area contributed by atoms with Crippen LogP contribution in [0.4, 0.5) is 11.4 Å². The zero-order valence-electron chi connectivity index (χ0n) is 14.9. The Morgan fingerprint density at radius 2 is 1.46 bits per heavy atom. The SMILES string of the molecule is Nc1cc(Oc2ccc(CCO)cc2)c(N)c2c1C(=O)c1ccccc1C2=O. The average Bonchev–Trinajstić information content (AvgIpc) is 2.70. The number of carbonyl (C=O) groups excluding carboxylic acids is 2. The molecule has 0 saturated heterocycles. The first-order valence-corrected chi connectivity index (χ1v) is 8.79. The molecule has 0 bridgehead atoms. The molecule has 6 heteroatoms. The standard InChI is InChI=1S/C22H18N2O4/c23-16-11-17(28-13-7-5-12(6-8-13)9-10-25)20(24)19-18(16)21(26)14-3-1-2-4-15(14)22(19)27/h1-8,11,25H,9-10,23-24H2. The number of nitrogens with two attached hydrogens (primary N) is 2. The summed E-state index contributed by atoms with van der Waals surface area (Å²) in [5, 5.41) is 9.00. The lowest BCUT2D eigenvalue weighted by Crippen LogP contribution is -2.24. The van der Waals surface area contributed by atoms with Crippen molar-refractivity contribution < 1.29 is 19.4 Å². The van der Waals surface area contributed by atoms with Crippen LogP contribution in [0.3, 0.4) is 0 Å². The van der Waals surface area contributed by atoms with Crippen LogP contribution in [0, 0.1) is 0 Å². The molecule has 28 heavy (non-hydrogen) atoms. The van der Waals surface area contributed by atoms with Gasteiger partial charge in [0.1, 0.15) is 5.75 Å². The fraction of sp³-hybridized carbons (Fsp3) is 0.0909. The maximum absolute atomic E-state index is 13.0. The monoisotopic (exact) mass is 374 g/mol. The Morgan fingerprint density at radius 1 is 0.857 bits per heavy atom. The number of rotatable bonds is 4. The minimum atomic E-state index is -0.349. The van der Waals surface area contributed by atoms with Crippen LogP contribution in [0.15, 0.2) is 54.6 Å². The van der Waals surface area contributed by atoms with Crippen molar-refractivity contribution in [1.29, 1.82) is 0 Å². The fourth-order valence-electron chi connectivity index (χ4n) is 3.39. The first kappa shape index (κ1) is 17.8. The van der Waals surface area contributed by atoms with E-state index in [1.54, 1.807) is 36.4 Å². The van der Waals surface area contributed by atoms with Crippen molar-refractivity contribution in [1.82, 2.24) is 0 Å². The smallest absolute Gasteiger partial charge is 0.196 e. The summed E-state index contributed by atoms with van der Waals surface area (Å²) in [5.41, 5.74) is 14.3. The van der Waals surface area contributed by atoms with Crippen LogP contribution in [0.2, 0.25) is 0 Å². The molecular weight excluding hydrogens is 356 g/mol. The maximum Gasteiger partial charge on any atom is 0.196 e. The molecule has 6 nitrogen and oxygen atoms in total. The van der Waals surface area contributed by atoms with Gasteiger partial charge in [-0.25, -0.2) is 0 Å². The summed E-state index contributed by atoms with van der Waals surface area (Å²) in [4.78, 5) is 25.8. The first-order chi connectivity index (χ1) is 13.5. The van der Waals surface area contributed by atoms with E-state index in [9.17, 15) is 9.59 Å². The third-order valence-corrected chi connectivity index (χ3v) is 4.78.